The highest BCUT2D eigenvalue weighted by atomic mass is 16.5. The number of hydrogen-bond acceptors (Lipinski definition) is 2. The van der Waals surface area contributed by atoms with Crippen molar-refractivity contribution in [2.24, 2.45) is 11.7 Å². The zero-order valence-corrected chi connectivity index (χ0v) is 9.41. The van der Waals surface area contributed by atoms with Crippen molar-refractivity contribution in [1.29, 1.82) is 5.41 Å². The predicted octanol–water partition coefficient (Wildman–Crippen LogP) is 1.00. The largest absolute Gasteiger partial charge is 0.378 e. The number of nitrogens with one attached hydrogen (secondary N) is 1. The van der Waals surface area contributed by atoms with E-state index >= 15 is 0 Å². The molecule has 0 fully saturated rings. The molecule has 0 radical (unpaired) electrons. The Hall–Kier alpha value is -1.58. The average Bonchev–Trinajstić information content (AvgIpc) is 2.09. The molecule has 1 aromatic rings. The van der Waals surface area contributed by atoms with E-state index < -0.39 is 0 Å². The zero-order chi connectivity index (χ0) is 11.6. The molecule has 82 valence electrons. The number of pyridine rings is 1. The maximum absolute atomic E-state index is 9.62. The van der Waals surface area contributed by atoms with Crippen LogP contribution in [0, 0.1) is 18.3 Å². The van der Waals surface area contributed by atoms with E-state index in [9.17, 15) is 5.21 Å². The van der Waals surface area contributed by atoms with Gasteiger partial charge >= 0.3 is 0 Å². The molecule has 15 heavy (non-hydrogen) atoms. The van der Waals surface area contributed by atoms with Crippen LogP contribution in [0.2, 0.25) is 0 Å². The molecule has 0 aliphatic carbocycles. The highest BCUT2D eigenvalue weighted by Gasteiger charge is 2.18. The van der Waals surface area contributed by atoms with E-state index in [1.54, 1.807) is 13.0 Å². The van der Waals surface area contributed by atoms with Crippen LogP contribution in [0.4, 0.5) is 0 Å². The van der Waals surface area contributed by atoms with Gasteiger partial charge in [-0.3, -0.25) is 10.6 Å². The Balaban J connectivity index is 3.17. The number of hydrogen-bond donors (Lipinski definition) is 3. The minimum absolute atomic E-state index is 0.119. The molecule has 4 heteroatoms. The second kappa shape index (κ2) is 4.29. The van der Waals surface area contributed by atoms with E-state index in [1.807, 2.05) is 6.07 Å². The molecule has 1 aromatic heterocycles. The molecule has 0 spiro atoms. The zero-order valence-electron chi connectivity index (χ0n) is 9.41. The summed E-state index contributed by atoms with van der Waals surface area (Å²) in [5, 5.41) is 17.0. The maximum atomic E-state index is 9.62. The fourth-order valence-electron chi connectivity index (χ4n) is 1.58. The van der Waals surface area contributed by atoms with Crippen molar-refractivity contribution in [3.8, 4) is 0 Å². The molecule has 0 aliphatic heterocycles. The molecule has 0 bridgehead atoms. The van der Waals surface area contributed by atoms with Gasteiger partial charge in [0.2, 0.25) is 5.69 Å². The number of rotatable bonds is 3. The number of nitrogens with two attached hydrogens (primary N) is 1. The summed E-state index contributed by atoms with van der Waals surface area (Å²) in [4.78, 5) is 0. The van der Waals surface area contributed by atoms with Gasteiger partial charge < -0.3 is 5.73 Å². The summed E-state index contributed by atoms with van der Waals surface area (Å²) in [7, 11) is 0. The van der Waals surface area contributed by atoms with Crippen LogP contribution in [0.25, 0.3) is 0 Å². The fourth-order valence-corrected chi connectivity index (χ4v) is 1.58. The van der Waals surface area contributed by atoms with Gasteiger partial charge in [-0.25, -0.2) is 0 Å². The third kappa shape index (κ3) is 2.68. The van der Waals surface area contributed by atoms with Gasteiger partial charge in [-0.15, -0.1) is 0 Å². The molecule has 0 saturated heterocycles. The van der Waals surface area contributed by atoms with Crippen LogP contribution in [-0.2, 0) is 6.42 Å². The molecule has 0 aromatic carbocycles. The topological polar surface area (TPSA) is 74.0 Å². The van der Waals surface area contributed by atoms with Crippen molar-refractivity contribution in [2.45, 2.75) is 27.2 Å². The molecule has 0 atom stereocenters. The van der Waals surface area contributed by atoms with Crippen molar-refractivity contribution in [3.63, 3.8) is 0 Å². The van der Waals surface area contributed by atoms with Crippen molar-refractivity contribution in [3.05, 3.63) is 29.1 Å². The smallest absolute Gasteiger partial charge is 0.298 e. The normalized spacial score (nSPS) is 10.7. The summed E-state index contributed by atoms with van der Waals surface area (Å²) in [5.41, 5.74) is 7.53. The molecule has 1 rings (SSSR count). The SMILES string of the molecule is Cc1cc(CC(C)C)cc(C(=N)N)[n+]1O. The lowest BCUT2D eigenvalue weighted by atomic mass is 10.0. The minimum atomic E-state index is -0.119. The molecular weight excluding hydrogens is 190 g/mol. The first-order valence-electron chi connectivity index (χ1n) is 5.01. The van der Waals surface area contributed by atoms with E-state index in [0.29, 0.717) is 17.3 Å². The fraction of sp³-hybridized carbons (Fsp3) is 0.455. The summed E-state index contributed by atoms with van der Waals surface area (Å²) in [6.07, 6.45) is 0.919. The third-order valence-corrected chi connectivity index (χ3v) is 2.20. The Morgan fingerprint density at radius 3 is 2.60 bits per heavy atom. The van der Waals surface area contributed by atoms with Crippen molar-refractivity contribution < 1.29 is 9.94 Å². The lowest BCUT2D eigenvalue weighted by molar-refractivity contribution is -0.909. The first-order chi connectivity index (χ1) is 6.91. The number of nitrogen functional groups attached to an aromatic ring is 1. The Bertz CT molecular complexity index is 386. The van der Waals surface area contributed by atoms with Crippen LogP contribution in [0.1, 0.15) is 30.8 Å². The van der Waals surface area contributed by atoms with E-state index in [4.69, 9.17) is 11.1 Å². The Kier molecular flexibility index (Phi) is 3.29. The lowest BCUT2D eigenvalue weighted by Gasteiger charge is -2.05. The van der Waals surface area contributed by atoms with Gasteiger partial charge in [0.1, 0.15) is 0 Å². The van der Waals surface area contributed by atoms with Gasteiger partial charge in [0.15, 0.2) is 5.84 Å². The first kappa shape index (κ1) is 11.5. The Morgan fingerprint density at radius 1 is 1.53 bits per heavy atom. The Morgan fingerprint density at radius 2 is 2.13 bits per heavy atom. The van der Waals surface area contributed by atoms with Crippen LogP contribution >= 0.6 is 0 Å². The van der Waals surface area contributed by atoms with Crippen molar-refractivity contribution >= 4 is 5.84 Å². The third-order valence-electron chi connectivity index (χ3n) is 2.20. The second-order valence-corrected chi connectivity index (χ2v) is 4.21. The molecule has 0 amide bonds. The number of amidine groups is 1. The summed E-state index contributed by atoms with van der Waals surface area (Å²) in [5.74, 6) is 0.421. The van der Waals surface area contributed by atoms with E-state index in [1.165, 1.54) is 0 Å². The molecule has 4 nitrogen and oxygen atoms in total. The van der Waals surface area contributed by atoms with E-state index in [2.05, 4.69) is 13.8 Å². The number of nitrogens with zero attached hydrogens (tertiary/aromatic N) is 1. The summed E-state index contributed by atoms with van der Waals surface area (Å²) in [6, 6.07) is 3.67. The predicted molar refractivity (Wildman–Crippen MR) is 58.1 cm³/mol. The molecule has 0 saturated carbocycles. The van der Waals surface area contributed by atoms with Crippen molar-refractivity contribution in [1.82, 2.24) is 0 Å². The molecular formula is C11H18N3O+. The van der Waals surface area contributed by atoms with Gasteiger partial charge in [0.05, 0.1) is 0 Å². The quantitative estimate of drug-likeness (QED) is 0.300. The minimum Gasteiger partial charge on any atom is -0.378 e. The molecule has 4 N–H and O–H groups in total. The van der Waals surface area contributed by atoms with Crippen LogP contribution < -0.4 is 10.5 Å². The van der Waals surface area contributed by atoms with Crippen LogP contribution in [0.15, 0.2) is 12.1 Å². The van der Waals surface area contributed by atoms with Crippen molar-refractivity contribution in [2.75, 3.05) is 0 Å². The summed E-state index contributed by atoms with van der Waals surface area (Å²) >= 11 is 0. The van der Waals surface area contributed by atoms with E-state index in [0.717, 1.165) is 16.7 Å². The molecule has 0 aliphatic rings. The first-order valence-corrected chi connectivity index (χ1v) is 5.01. The van der Waals surface area contributed by atoms with E-state index in [-0.39, 0.29) is 5.84 Å². The summed E-state index contributed by atoms with van der Waals surface area (Å²) < 4.78 is 0.951. The monoisotopic (exact) mass is 208 g/mol. The van der Waals surface area contributed by atoms with Gasteiger partial charge in [0.25, 0.3) is 5.69 Å². The second-order valence-electron chi connectivity index (χ2n) is 4.21. The average molecular weight is 208 g/mol. The van der Waals surface area contributed by atoms with Crippen LogP contribution in [-0.4, -0.2) is 11.0 Å². The van der Waals surface area contributed by atoms with Crippen LogP contribution in [0.5, 0.6) is 0 Å². The number of aryl methyl sites for hydroxylation is 1. The standard InChI is InChI=1S/C11H18N3O/c1-7(2)4-9-5-8(3)14(15)10(6-9)11(12)13/h5-7,15H,4H2,1-3H3,(H3,12,13)/q+1. The highest BCUT2D eigenvalue weighted by molar-refractivity contribution is 5.91. The molecule has 1 heterocycles. The van der Waals surface area contributed by atoms with Crippen LogP contribution in [0.3, 0.4) is 0 Å². The Labute approximate surface area is 89.8 Å². The summed E-state index contributed by atoms with van der Waals surface area (Å²) in [6.45, 7) is 6.04. The molecule has 0 unspecified atom stereocenters. The highest BCUT2D eigenvalue weighted by Crippen LogP contribution is 2.09. The van der Waals surface area contributed by atoms with Gasteiger partial charge in [-0.1, -0.05) is 13.8 Å². The van der Waals surface area contributed by atoms with Gasteiger partial charge in [-0.2, -0.15) is 0 Å². The number of aromatic nitrogens is 1. The maximum Gasteiger partial charge on any atom is 0.298 e. The lowest BCUT2D eigenvalue weighted by Crippen LogP contribution is -2.43. The van der Waals surface area contributed by atoms with Gasteiger partial charge in [0, 0.05) is 23.8 Å². The van der Waals surface area contributed by atoms with Gasteiger partial charge in [-0.05, 0) is 17.9 Å².